The van der Waals surface area contributed by atoms with Crippen LogP contribution in [0.15, 0.2) is 33.6 Å². The number of amides is 1. The number of carbonyl (C=O) groups excluding carboxylic acids is 1. The smallest absolute Gasteiger partial charge is 0.262 e. The quantitative estimate of drug-likeness (QED) is 0.192. The van der Waals surface area contributed by atoms with Gasteiger partial charge in [0, 0.05) is 0 Å². The van der Waals surface area contributed by atoms with E-state index in [4.69, 9.17) is 21.7 Å². The Morgan fingerprint density at radius 1 is 1.37 bits per heavy atom. The zero-order valence-electron chi connectivity index (χ0n) is 13.5. The van der Waals surface area contributed by atoms with E-state index in [1.54, 1.807) is 0 Å². The average molecular weight is 418 g/mol. The Morgan fingerprint density at radius 2 is 2.07 bits per heavy atom. The Balaban J connectivity index is 2.19. The number of nitrogens with two attached hydrogens (primary N) is 2. The van der Waals surface area contributed by atoms with Gasteiger partial charge in [0.2, 0.25) is 5.91 Å². The summed E-state index contributed by atoms with van der Waals surface area (Å²) in [4.78, 5) is 18.2. The van der Waals surface area contributed by atoms with Gasteiger partial charge in [-0.1, -0.05) is 0 Å². The van der Waals surface area contributed by atoms with E-state index in [9.17, 15) is 17.6 Å². The molecule has 0 bridgehead atoms. The van der Waals surface area contributed by atoms with Gasteiger partial charge in [0.15, 0.2) is 12.2 Å². The number of aliphatic imine (C=N–C) groups is 1. The molecule has 1 amide bonds. The summed E-state index contributed by atoms with van der Waals surface area (Å²) in [5, 5.41) is 20.4. The van der Waals surface area contributed by atoms with Gasteiger partial charge in [0.25, 0.3) is 10.0 Å². The molecule has 0 fully saturated rings. The first-order valence-corrected chi connectivity index (χ1v) is 9.43. The Bertz CT molecular complexity index is 971. The highest BCUT2D eigenvalue weighted by Gasteiger charge is 2.22. The van der Waals surface area contributed by atoms with Gasteiger partial charge in [-0.25, -0.2) is 22.8 Å². The second kappa shape index (κ2) is 8.26. The molecule has 8 N–H and O–H groups in total. The molecule has 0 spiro atoms. The number of nitrogens with one attached hydrogen (secondary N) is 2. The molecule has 0 aliphatic rings. The third kappa shape index (κ3) is 5.33. The van der Waals surface area contributed by atoms with Crippen molar-refractivity contribution in [1.29, 1.82) is 0 Å². The maximum Gasteiger partial charge on any atom is 0.262 e. The molecule has 2 aromatic rings. The van der Waals surface area contributed by atoms with E-state index in [-0.39, 0.29) is 22.3 Å². The fourth-order valence-electron chi connectivity index (χ4n) is 1.81. The first kappa shape index (κ1) is 20.5. The average Bonchev–Trinajstić information content (AvgIpc) is 3.02. The molecule has 1 heterocycles. The number of halogens is 1. The number of rotatable bonds is 7. The number of hydrogen-bond donors (Lipinski definition) is 6. The van der Waals surface area contributed by atoms with E-state index in [0.717, 1.165) is 23.5 Å². The molecular formula is C13H15FN6O5S2. The van der Waals surface area contributed by atoms with Gasteiger partial charge in [0.05, 0.1) is 16.1 Å². The maximum atomic E-state index is 14.1. The van der Waals surface area contributed by atoms with Crippen LogP contribution in [0.25, 0.3) is 0 Å². The zero-order valence-corrected chi connectivity index (χ0v) is 15.1. The Labute approximate surface area is 156 Å². The molecule has 11 nitrogen and oxygen atoms in total. The summed E-state index contributed by atoms with van der Waals surface area (Å²) in [6.45, 7) is -0.430. The number of anilines is 2. The number of aliphatic hydroxyl groups excluding tert-OH is 1. The van der Waals surface area contributed by atoms with Gasteiger partial charge in [-0.2, -0.15) is 0 Å². The molecule has 0 atom stereocenters. The molecule has 0 radical (unpaired) electrons. The summed E-state index contributed by atoms with van der Waals surface area (Å²) in [6, 6.07) is 2.79. The highest BCUT2D eigenvalue weighted by molar-refractivity contribution is 7.93. The second-order valence-corrected chi connectivity index (χ2v) is 7.51. The fourth-order valence-corrected chi connectivity index (χ4v) is 3.86. The molecule has 0 unspecified atom stereocenters. The monoisotopic (exact) mass is 418 g/mol. The Kier molecular flexibility index (Phi) is 6.27. The highest BCUT2D eigenvalue weighted by Crippen LogP contribution is 2.28. The third-order valence-corrected chi connectivity index (χ3v) is 5.23. The topological polar surface area (TPSA) is 193 Å². The lowest BCUT2D eigenvalue weighted by molar-refractivity contribution is -0.114. The first-order valence-electron chi connectivity index (χ1n) is 7.07. The van der Waals surface area contributed by atoms with Crippen LogP contribution >= 0.6 is 11.3 Å². The van der Waals surface area contributed by atoms with E-state index >= 15 is 0 Å². The molecular weight excluding hydrogens is 403 g/mol. The highest BCUT2D eigenvalue weighted by atomic mass is 32.2. The van der Waals surface area contributed by atoms with Gasteiger partial charge in [-0.3, -0.25) is 9.52 Å². The molecule has 1 aromatic heterocycles. The van der Waals surface area contributed by atoms with Crippen molar-refractivity contribution < 1.29 is 27.8 Å². The molecule has 14 heteroatoms. The summed E-state index contributed by atoms with van der Waals surface area (Å²) in [7, 11) is -4.24. The molecule has 0 saturated heterocycles. The molecule has 0 aliphatic carbocycles. The SMILES string of the molecule is NC(N)=NCC(=O)Nc1ccc(S(=O)(=O)Nc2scnc2C(O)O)cc1F. The first-order chi connectivity index (χ1) is 12.6. The number of benzene rings is 1. The maximum absolute atomic E-state index is 14.1. The van der Waals surface area contributed by atoms with Crippen molar-refractivity contribution >= 4 is 43.9 Å². The number of aliphatic hydroxyl groups is 2. The summed E-state index contributed by atoms with van der Waals surface area (Å²) in [6.07, 6.45) is -1.98. The van der Waals surface area contributed by atoms with E-state index < -0.39 is 39.5 Å². The van der Waals surface area contributed by atoms with Crippen LogP contribution in [0.4, 0.5) is 15.1 Å². The minimum absolute atomic E-state index is 0.125. The predicted octanol–water partition coefficient (Wildman–Crippen LogP) is -0.722. The van der Waals surface area contributed by atoms with E-state index in [1.165, 1.54) is 5.51 Å². The van der Waals surface area contributed by atoms with Crippen LogP contribution in [-0.2, 0) is 14.8 Å². The van der Waals surface area contributed by atoms with Crippen molar-refractivity contribution in [3.8, 4) is 0 Å². The minimum atomic E-state index is -4.24. The normalized spacial score (nSPS) is 11.3. The largest absolute Gasteiger partial charge is 0.370 e. The number of thiazole rings is 1. The molecule has 0 saturated carbocycles. The van der Waals surface area contributed by atoms with Gasteiger partial charge in [-0.15, -0.1) is 11.3 Å². The standard InChI is InChI=1S/C13H15FN6O5S2/c14-7-3-6(1-2-8(7)19-9(21)4-17-13(15)16)27(24,25)20-11-10(12(22)23)18-5-26-11/h1-3,5,12,20,22-23H,4H2,(H,19,21)(H4,15,16,17). The van der Waals surface area contributed by atoms with Crippen molar-refractivity contribution in [2.75, 3.05) is 16.6 Å². The predicted molar refractivity (Wildman–Crippen MR) is 95.8 cm³/mol. The lowest BCUT2D eigenvalue weighted by Crippen LogP contribution is -2.25. The van der Waals surface area contributed by atoms with Crippen LogP contribution in [0.1, 0.15) is 12.0 Å². The van der Waals surface area contributed by atoms with Crippen molar-refractivity contribution in [3.05, 3.63) is 35.2 Å². The van der Waals surface area contributed by atoms with Crippen molar-refractivity contribution in [2.45, 2.75) is 11.2 Å². The molecule has 1 aromatic carbocycles. The lowest BCUT2D eigenvalue weighted by Gasteiger charge is -2.10. The molecule has 2 rings (SSSR count). The van der Waals surface area contributed by atoms with Crippen LogP contribution in [0.5, 0.6) is 0 Å². The summed E-state index contributed by atoms with van der Waals surface area (Å²) in [5.41, 5.74) is 10.8. The van der Waals surface area contributed by atoms with Gasteiger partial charge in [-0.05, 0) is 18.2 Å². The Morgan fingerprint density at radius 3 is 2.67 bits per heavy atom. The van der Waals surface area contributed by atoms with Crippen molar-refractivity contribution in [3.63, 3.8) is 0 Å². The number of hydrogen-bond acceptors (Lipinski definition) is 8. The van der Waals surface area contributed by atoms with Crippen LogP contribution in [0.3, 0.4) is 0 Å². The van der Waals surface area contributed by atoms with Gasteiger partial charge in [0.1, 0.15) is 23.1 Å². The Hall–Kier alpha value is -2.81. The third-order valence-electron chi connectivity index (χ3n) is 3.00. The number of nitrogens with zero attached hydrogens (tertiary/aromatic N) is 2. The summed E-state index contributed by atoms with van der Waals surface area (Å²) < 4.78 is 40.9. The second-order valence-electron chi connectivity index (χ2n) is 4.98. The van der Waals surface area contributed by atoms with Crippen molar-refractivity contribution in [2.24, 2.45) is 16.5 Å². The number of guanidine groups is 1. The van der Waals surface area contributed by atoms with Crippen LogP contribution in [0, 0.1) is 5.82 Å². The zero-order chi connectivity index (χ0) is 20.2. The lowest BCUT2D eigenvalue weighted by atomic mass is 10.3. The van der Waals surface area contributed by atoms with Gasteiger partial charge < -0.3 is 27.0 Å². The van der Waals surface area contributed by atoms with E-state index in [1.807, 2.05) is 0 Å². The van der Waals surface area contributed by atoms with Crippen LogP contribution in [0.2, 0.25) is 0 Å². The van der Waals surface area contributed by atoms with E-state index in [0.29, 0.717) is 6.07 Å². The molecule has 146 valence electrons. The van der Waals surface area contributed by atoms with E-state index in [2.05, 4.69) is 20.0 Å². The summed E-state index contributed by atoms with van der Waals surface area (Å²) >= 11 is 0.818. The number of carbonyl (C=O) groups is 1. The van der Waals surface area contributed by atoms with Gasteiger partial charge >= 0.3 is 0 Å². The molecule has 27 heavy (non-hydrogen) atoms. The number of sulfonamides is 1. The fraction of sp³-hybridized carbons (Fsp3) is 0.154. The molecule has 0 aliphatic heterocycles. The van der Waals surface area contributed by atoms with Crippen molar-refractivity contribution in [1.82, 2.24) is 4.98 Å². The minimum Gasteiger partial charge on any atom is -0.370 e. The summed E-state index contributed by atoms with van der Waals surface area (Å²) in [5.74, 6) is -2.03. The van der Waals surface area contributed by atoms with Crippen LogP contribution in [-0.4, -0.2) is 42.0 Å². The van der Waals surface area contributed by atoms with Crippen LogP contribution < -0.4 is 21.5 Å². The number of aromatic nitrogens is 1.